The Labute approximate surface area is 201 Å². The topological polar surface area (TPSA) is 76.7 Å². The Morgan fingerprint density at radius 3 is 2.35 bits per heavy atom. The van der Waals surface area contributed by atoms with Crippen LogP contribution in [0.3, 0.4) is 0 Å². The molecule has 5 rings (SSSR count). The van der Waals surface area contributed by atoms with Crippen LogP contribution in [0.2, 0.25) is 0 Å². The molecular weight excluding hydrogens is 435 g/mol. The number of benzene rings is 1. The molecule has 4 saturated carbocycles. The van der Waals surface area contributed by atoms with E-state index in [1.807, 2.05) is 0 Å². The van der Waals surface area contributed by atoms with E-state index in [1.165, 1.54) is 19.2 Å². The minimum absolute atomic E-state index is 0.0415. The van der Waals surface area contributed by atoms with Gasteiger partial charge in [0.2, 0.25) is 5.91 Å². The molecule has 186 valence electrons. The summed E-state index contributed by atoms with van der Waals surface area (Å²) >= 11 is 0. The summed E-state index contributed by atoms with van der Waals surface area (Å²) in [6.07, 6.45) is 10.1. The molecular formula is C27H37FN2O4. The molecule has 4 fully saturated rings. The van der Waals surface area contributed by atoms with Crippen molar-refractivity contribution in [2.45, 2.75) is 89.3 Å². The fraction of sp³-hybridized carbons (Fsp3) is 0.704. The molecule has 0 spiro atoms. The molecule has 34 heavy (non-hydrogen) atoms. The first kappa shape index (κ1) is 23.4. The van der Waals surface area contributed by atoms with Crippen LogP contribution in [0.4, 0.5) is 4.39 Å². The monoisotopic (exact) mass is 472 g/mol. The van der Waals surface area contributed by atoms with E-state index in [2.05, 4.69) is 17.6 Å². The van der Waals surface area contributed by atoms with E-state index in [-0.39, 0.29) is 53.0 Å². The number of rotatable bonds is 7. The van der Waals surface area contributed by atoms with Crippen LogP contribution in [0.1, 0.15) is 81.5 Å². The molecule has 2 bridgehead atoms. The van der Waals surface area contributed by atoms with Crippen LogP contribution in [0.15, 0.2) is 12.1 Å². The van der Waals surface area contributed by atoms with Crippen molar-refractivity contribution in [3.8, 4) is 11.5 Å². The fourth-order valence-electron chi connectivity index (χ4n) is 6.45. The van der Waals surface area contributed by atoms with Gasteiger partial charge in [-0.3, -0.25) is 9.59 Å². The van der Waals surface area contributed by atoms with Crippen molar-refractivity contribution in [1.29, 1.82) is 0 Å². The number of amides is 2. The number of carbonyl (C=O) groups is 2. The van der Waals surface area contributed by atoms with E-state index in [1.54, 1.807) is 0 Å². The highest BCUT2D eigenvalue weighted by atomic mass is 19.1. The van der Waals surface area contributed by atoms with Gasteiger partial charge in [0, 0.05) is 18.2 Å². The number of fused-ring (bicyclic) bond motifs is 2. The average Bonchev–Trinajstić information content (AvgIpc) is 3.40. The predicted octanol–water partition coefficient (Wildman–Crippen LogP) is 4.61. The summed E-state index contributed by atoms with van der Waals surface area (Å²) in [4.78, 5) is 26.5. The molecule has 6 nitrogen and oxygen atoms in total. The van der Waals surface area contributed by atoms with E-state index in [4.69, 9.17) is 9.47 Å². The number of halogens is 1. The smallest absolute Gasteiger partial charge is 0.255 e. The molecule has 2 amide bonds. The lowest BCUT2D eigenvalue weighted by molar-refractivity contribution is -0.128. The molecule has 7 heteroatoms. The third kappa shape index (κ3) is 4.63. The Kier molecular flexibility index (Phi) is 6.72. The summed E-state index contributed by atoms with van der Waals surface area (Å²) in [7, 11) is 1.43. The van der Waals surface area contributed by atoms with Gasteiger partial charge in [0.1, 0.15) is 5.75 Å². The van der Waals surface area contributed by atoms with Crippen LogP contribution >= 0.6 is 0 Å². The highest BCUT2D eigenvalue weighted by molar-refractivity contribution is 5.98. The van der Waals surface area contributed by atoms with Crippen LogP contribution in [0.25, 0.3) is 0 Å². The minimum atomic E-state index is -0.523. The maximum Gasteiger partial charge on any atom is 0.255 e. The van der Waals surface area contributed by atoms with Gasteiger partial charge in [-0.1, -0.05) is 6.92 Å². The predicted molar refractivity (Wildman–Crippen MR) is 126 cm³/mol. The molecule has 0 heterocycles. The minimum Gasteiger partial charge on any atom is -0.496 e. The van der Waals surface area contributed by atoms with Gasteiger partial charge in [0.05, 0.1) is 24.7 Å². The second-order valence-corrected chi connectivity index (χ2v) is 11.0. The van der Waals surface area contributed by atoms with E-state index in [0.29, 0.717) is 17.8 Å². The van der Waals surface area contributed by atoms with E-state index < -0.39 is 5.82 Å². The summed E-state index contributed by atoms with van der Waals surface area (Å²) < 4.78 is 26.1. The fourth-order valence-corrected chi connectivity index (χ4v) is 6.45. The van der Waals surface area contributed by atoms with Crippen molar-refractivity contribution < 1.29 is 23.5 Å². The quantitative estimate of drug-likeness (QED) is 0.608. The van der Waals surface area contributed by atoms with Crippen LogP contribution in [-0.2, 0) is 4.79 Å². The molecule has 4 aliphatic rings. The Balaban J connectivity index is 1.32. The molecule has 2 N–H and O–H groups in total. The number of carbonyl (C=O) groups excluding carboxylic acids is 2. The Morgan fingerprint density at radius 1 is 0.941 bits per heavy atom. The largest absolute Gasteiger partial charge is 0.496 e. The standard InChI is InChI=1S/C27H37FN2O4/c1-15-6-10-19(11-7-15)34-23-13-20(22(33-2)14-21(23)28)26(31)30-25-17-9-8-16(12-17)24(25)27(32)29-18-4-3-5-18/h13-19,24-25H,3-12H2,1-2H3,(H,29,32)(H,30,31)/t15?,16-,17+,19?,24+,25-/m1/s1. The Hall–Kier alpha value is -2.31. The van der Waals surface area contributed by atoms with E-state index in [0.717, 1.165) is 64.2 Å². The normalized spacial score (nSPS) is 32.7. The van der Waals surface area contributed by atoms with Gasteiger partial charge >= 0.3 is 0 Å². The summed E-state index contributed by atoms with van der Waals surface area (Å²) in [5, 5.41) is 6.33. The summed E-state index contributed by atoms with van der Waals surface area (Å²) in [5.74, 6) is 0.575. The summed E-state index contributed by atoms with van der Waals surface area (Å²) in [5.41, 5.74) is 0.254. The third-order valence-electron chi connectivity index (χ3n) is 8.72. The summed E-state index contributed by atoms with van der Waals surface area (Å²) in [6, 6.07) is 2.78. The molecule has 0 unspecified atom stereocenters. The van der Waals surface area contributed by atoms with Crippen LogP contribution in [0, 0.1) is 29.5 Å². The highest BCUT2D eigenvalue weighted by Crippen LogP contribution is 2.49. The molecule has 0 aliphatic heterocycles. The van der Waals surface area contributed by atoms with Gasteiger partial charge in [-0.05, 0) is 88.0 Å². The van der Waals surface area contributed by atoms with Crippen molar-refractivity contribution in [1.82, 2.24) is 10.6 Å². The van der Waals surface area contributed by atoms with Crippen molar-refractivity contribution >= 4 is 11.8 Å². The molecule has 0 radical (unpaired) electrons. The van der Waals surface area contributed by atoms with Crippen molar-refractivity contribution in [3.63, 3.8) is 0 Å². The van der Waals surface area contributed by atoms with Gasteiger partial charge in [-0.25, -0.2) is 4.39 Å². The average molecular weight is 473 g/mol. The van der Waals surface area contributed by atoms with Gasteiger partial charge in [0.25, 0.3) is 5.91 Å². The first-order chi connectivity index (χ1) is 16.4. The zero-order valence-corrected chi connectivity index (χ0v) is 20.3. The molecule has 4 atom stereocenters. The molecule has 1 aromatic carbocycles. The van der Waals surface area contributed by atoms with Gasteiger partial charge in [-0.2, -0.15) is 0 Å². The first-order valence-electron chi connectivity index (χ1n) is 13.1. The lowest BCUT2D eigenvalue weighted by Crippen LogP contribution is -2.52. The van der Waals surface area contributed by atoms with Crippen LogP contribution in [0.5, 0.6) is 11.5 Å². The van der Waals surface area contributed by atoms with Crippen LogP contribution in [-0.4, -0.2) is 37.1 Å². The number of ether oxygens (including phenoxy) is 2. The second-order valence-electron chi connectivity index (χ2n) is 11.0. The number of hydrogen-bond acceptors (Lipinski definition) is 4. The zero-order valence-electron chi connectivity index (χ0n) is 20.3. The number of hydrogen-bond donors (Lipinski definition) is 2. The van der Waals surface area contributed by atoms with Gasteiger partial charge < -0.3 is 20.1 Å². The number of methoxy groups -OCH3 is 1. The van der Waals surface area contributed by atoms with Crippen LogP contribution < -0.4 is 20.1 Å². The van der Waals surface area contributed by atoms with Gasteiger partial charge in [0.15, 0.2) is 11.6 Å². The Morgan fingerprint density at radius 2 is 1.68 bits per heavy atom. The lowest BCUT2D eigenvalue weighted by atomic mass is 9.82. The van der Waals surface area contributed by atoms with Crippen molar-refractivity contribution in [3.05, 3.63) is 23.5 Å². The van der Waals surface area contributed by atoms with Crippen molar-refractivity contribution in [2.24, 2.45) is 23.7 Å². The lowest BCUT2D eigenvalue weighted by Gasteiger charge is -2.34. The molecule has 0 saturated heterocycles. The highest BCUT2D eigenvalue weighted by Gasteiger charge is 2.51. The zero-order chi connectivity index (χ0) is 23.8. The van der Waals surface area contributed by atoms with Crippen molar-refractivity contribution in [2.75, 3.05) is 7.11 Å². The number of nitrogens with one attached hydrogen (secondary N) is 2. The molecule has 1 aromatic rings. The molecule has 0 aromatic heterocycles. The maximum atomic E-state index is 14.8. The van der Waals surface area contributed by atoms with E-state index >= 15 is 0 Å². The third-order valence-corrected chi connectivity index (χ3v) is 8.72. The maximum absolute atomic E-state index is 14.8. The van der Waals surface area contributed by atoms with Gasteiger partial charge in [-0.15, -0.1) is 0 Å². The first-order valence-corrected chi connectivity index (χ1v) is 13.1. The summed E-state index contributed by atoms with van der Waals surface area (Å²) in [6.45, 7) is 2.22. The van der Waals surface area contributed by atoms with E-state index in [9.17, 15) is 14.0 Å². The molecule has 4 aliphatic carbocycles. The SMILES string of the molecule is COc1cc(F)c(OC2CCC(C)CC2)cc1C(=O)N[C@@H]1[C@H]2CC[C@H](C2)[C@@H]1C(=O)NC1CCC1. The Bertz CT molecular complexity index is 925. The second kappa shape index (κ2) is 9.74.